The second-order valence-electron chi connectivity index (χ2n) is 2.94. The average Bonchev–Trinajstić information content (AvgIpc) is 2.67. The van der Waals surface area contributed by atoms with Crippen molar-refractivity contribution >= 4 is 33.5 Å². The van der Waals surface area contributed by atoms with Crippen LogP contribution in [-0.2, 0) is 7.05 Å². The van der Waals surface area contributed by atoms with Crippen LogP contribution in [-0.4, -0.2) is 19.7 Å². The van der Waals surface area contributed by atoms with Gasteiger partial charge in [0.1, 0.15) is 11.4 Å². The van der Waals surface area contributed by atoms with Crippen molar-refractivity contribution in [2.24, 2.45) is 12.9 Å². The molecule has 6 nitrogen and oxygen atoms in total. The Kier molecular flexibility index (Phi) is 3.42. The average molecular weight is 301 g/mol. The molecule has 0 atom stereocenters. The number of aryl methyl sites for hydroxylation is 1. The van der Waals surface area contributed by atoms with Crippen molar-refractivity contribution in [3.05, 3.63) is 23.2 Å². The number of nitrogens with one attached hydrogen (secondary N) is 1. The van der Waals surface area contributed by atoms with Gasteiger partial charge in [0.15, 0.2) is 5.82 Å². The number of hydrazine groups is 1. The van der Waals surface area contributed by atoms with E-state index in [2.05, 4.69) is 36.4 Å². The zero-order valence-corrected chi connectivity index (χ0v) is 10.8. The Labute approximate surface area is 105 Å². The highest BCUT2D eigenvalue weighted by Gasteiger charge is 2.09. The van der Waals surface area contributed by atoms with Gasteiger partial charge in [-0.2, -0.15) is 5.10 Å². The Morgan fingerprint density at radius 3 is 2.94 bits per heavy atom. The molecule has 0 aromatic carbocycles. The van der Waals surface area contributed by atoms with Crippen LogP contribution in [0.2, 0.25) is 0 Å². The fourth-order valence-electron chi connectivity index (χ4n) is 1.09. The maximum Gasteiger partial charge on any atom is 0.158 e. The van der Waals surface area contributed by atoms with E-state index in [0.29, 0.717) is 5.82 Å². The van der Waals surface area contributed by atoms with Crippen molar-refractivity contribution in [2.45, 2.75) is 9.92 Å². The molecule has 0 aliphatic rings. The van der Waals surface area contributed by atoms with Crippen LogP contribution < -0.4 is 11.3 Å². The van der Waals surface area contributed by atoms with Gasteiger partial charge in [0, 0.05) is 13.2 Å². The van der Waals surface area contributed by atoms with E-state index in [-0.39, 0.29) is 0 Å². The highest BCUT2D eigenvalue weighted by atomic mass is 79.9. The van der Waals surface area contributed by atoms with E-state index in [1.54, 1.807) is 10.9 Å². The SMILES string of the molecule is Cn1cc(Sc2ncnc(NN)c2Br)cn1. The summed E-state index contributed by atoms with van der Waals surface area (Å²) in [5.41, 5.74) is 2.49. The maximum absolute atomic E-state index is 5.32. The number of anilines is 1. The second kappa shape index (κ2) is 4.81. The van der Waals surface area contributed by atoms with Crippen LogP contribution in [0.4, 0.5) is 5.82 Å². The number of hydrogen-bond donors (Lipinski definition) is 2. The lowest BCUT2D eigenvalue weighted by atomic mass is 10.6. The molecule has 0 saturated carbocycles. The lowest BCUT2D eigenvalue weighted by molar-refractivity contribution is 0.766. The summed E-state index contributed by atoms with van der Waals surface area (Å²) >= 11 is 4.88. The molecule has 0 amide bonds. The molecule has 0 radical (unpaired) electrons. The molecule has 2 aromatic heterocycles. The first kappa shape index (κ1) is 11.4. The summed E-state index contributed by atoms with van der Waals surface area (Å²) in [6.45, 7) is 0. The second-order valence-corrected chi connectivity index (χ2v) is 4.79. The number of halogens is 1. The van der Waals surface area contributed by atoms with Crippen LogP contribution >= 0.6 is 27.7 Å². The van der Waals surface area contributed by atoms with E-state index in [1.165, 1.54) is 18.1 Å². The minimum atomic E-state index is 0.557. The van der Waals surface area contributed by atoms with Crippen LogP contribution in [0, 0.1) is 0 Å². The smallest absolute Gasteiger partial charge is 0.158 e. The predicted octanol–water partition coefficient (Wildman–Crippen LogP) is 1.41. The van der Waals surface area contributed by atoms with E-state index in [1.807, 2.05) is 13.2 Å². The molecule has 0 saturated heterocycles. The van der Waals surface area contributed by atoms with Crippen molar-refractivity contribution in [3.8, 4) is 0 Å². The molecule has 0 fully saturated rings. The van der Waals surface area contributed by atoms with Crippen molar-refractivity contribution in [1.82, 2.24) is 19.7 Å². The molecule has 0 unspecified atom stereocenters. The Bertz CT molecular complexity index is 499. The molecule has 2 rings (SSSR count). The zero-order valence-electron chi connectivity index (χ0n) is 8.38. The summed E-state index contributed by atoms with van der Waals surface area (Å²) in [6.07, 6.45) is 5.14. The van der Waals surface area contributed by atoms with Gasteiger partial charge < -0.3 is 5.43 Å². The number of nitrogens with two attached hydrogens (primary N) is 1. The predicted molar refractivity (Wildman–Crippen MR) is 64.9 cm³/mol. The lowest BCUT2D eigenvalue weighted by Crippen LogP contribution is -2.09. The quantitative estimate of drug-likeness (QED) is 0.507. The summed E-state index contributed by atoms with van der Waals surface area (Å²) < 4.78 is 2.48. The Balaban J connectivity index is 2.28. The lowest BCUT2D eigenvalue weighted by Gasteiger charge is -2.05. The zero-order chi connectivity index (χ0) is 11.5. The standard InChI is InChI=1S/C8H9BrN6S/c1-15-3-5(2-13-15)16-8-6(9)7(14-10)11-4-12-8/h2-4H,10H2,1H3,(H,11,12,14). The van der Waals surface area contributed by atoms with Crippen molar-refractivity contribution < 1.29 is 0 Å². The number of nitrogen functional groups attached to an aromatic ring is 1. The monoisotopic (exact) mass is 300 g/mol. The van der Waals surface area contributed by atoms with Crippen LogP contribution in [0.25, 0.3) is 0 Å². The van der Waals surface area contributed by atoms with Crippen LogP contribution in [0.1, 0.15) is 0 Å². The molecule has 2 aromatic rings. The molecule has 2 heterocycles. The molecule has 0 spiro atoms. The molecule has 8 heteroatoms. The molecular formula is C8H9BrN6S. The van der Waals surface area contributed by atoms with Gasteiger partial charge in [0.25, 0.3) is 0 Å². The van der Waals surface area contributed by atoms with Gasteiger partial charge in [-0.1, -0.05) is 11.8 Å². The van der Waals surface area contributed by atoms with Gasteiger partial charge in [-0.05, 0) is 15.9 Å². The van der Waals surface area contributed by atoms with Crippen LogP contribution in [0.5, 0.6) is 0 Å². The largest absolute Gasteiger partial charge is 0.307 e. The van der Waals surface area contributed by atoms with E-state index >= 15 is 0 Å². The molecule has 84 valence electrons. The Hall–Kier alpha value is -1.12. The molecule has 0 bridgehead atoms. The third-order valence-electron chi connectivity index (χ3n) is 1.79. The molecule has 0 aliphatic heterocycles. The van der Waals surface area contributed by atoms with E-state index < -0.39 is 0 Å². The van der Waals surface area contributed by atoms with Crippen LogP contribution in [0.3, 0.4) is 0 Å². The minimum Gasteiger partial charge on any atom is -0.307 e. The van der Waals surface area contributed by atoms with E-state index in [0.717, 1.165) is 14.4 Å². The van der Waals surface area contributed by atoms with Gasteiger partial charge in [0.2, 0.25) is 0 Å². The normalized spacial score (nSPS) is 10.4. The first-order valence-electron chi connectivity index (χ1n) is 4.34. The van der Waals surface area contributed by atoms with E-state index in [9.17, 15) is 0 Å². The maximum atomic E-state index is 5.32. The summed E-state index contributed by atoms with van der Waals surface area (Å²) in [7, 11) is 1.87. The van der Waals surface area contributed by atoms with E-state index in [4.69, 9.17) is 5.84 Å². The molecule has 16 heavy (non-hydrogen) atoms. The number of aromatic nitrogens is 4. The summed E-state index contributed by atoms with van der Waals surface area (Å²) in [5, 5.41) is 4.87. The fourth-order valence-corrected chi connectivity index (χ4v) is 2.47. The Morgan fingerprint density at radius 2 is 2.31 bits per heavy atom. The highest BCUT2D eigenvalue weighted by molar-refractivity contribution is 9.10. The number of rotatable bonds is 3. The van der Waals surface area contributed by atoms with Gasteiger partial charge in [0.05, 0.1) is 15.6 Å². The fraction of sp³-hybridized carbons (Fsp3) is 0.125. The first-order chi connectivity index (χ1) is 7.70. The van der Waals surface area contributed by atoms with Gasteiger partial charge >= 0.3 is 0 Å². The minimum absolute atomic E-state index is 0.557. The Morgan fingerprint density at radius 1 is 1.50 bits per heavy atom. The highest BCUT2D eigenvalue weighted by Crippen LogP contribution is 2.33. The number of nitrogens with zero attached hydrogens (tertiary/aromatic N) is 4. The third kappa shape index (κ3) is 2.34. The molecule has 3 N–H and O–H groups in total. The van der Waals surface area contributed by atoms with Crippen molar-refractivity contribution in [1.29, 1.82) is 0 Å². The van der Waals surface area contributed by atoms with Crippen molar-refractivity contribution in [3.63, 3.8) is 0 Å². The summed E-state index contributed by atoms with van der Waals surface area (Å²) in [4.78, 5) is 9.14. The van der Waals surface area contributed by atoms with Gasteiger partial charge in [-0.15, -0.1) is 0 Å². The summed E-state index contributed by atoms with van der Waals surface area (Å²) in [5.74, 6) is 5.88. The van der Waals surface area contributed by atoms with Crippen LogP contribution in [0.15, 0.2) is 33.1 Å². The third-order valence-corrected chi connectivity index (χ3v) is 3.75. The molecular weight excluding hydrogens is 292 g/mol. The first-order valence-corrected chi connectivity index (χ1v) is 5.95. The number of hydrogen-bond acceptors (Lipinski definition) is 6. The van der Waals surface area contributed by atoms with Crippen molar-refractivity contribution in [2.75, 3.05) is 5.43 Å². The topological polar surface area (TPSA) is 81.7 Å². The van der Waals surface area contributed by atoms with Gasteiger partial charge in [-0.25, -0.2) is 15.8 Å². The summed E-state index contributed by atoms with van der Waals surface area (Å²) in [6, 6.07) is 0. The molecule has 0 aliphatic carbocycles. The van der Waals surface area contributed by atoms with Gasteiger partial charge in [-0.3, -0.25) is 4.68 Å².